The molecule has 0 spiro atoms. The summed E-state index contributed by atoms with van der Waals surface area (Å²) in [4.78, 5) is 4.61. The zero-order chi connectivity index (χ0) is 12.8. The van der Waals surface area contributed by atoms with E-state index in [2.05, 4.69) is 34.1 Å². The third kappa shape index (κ3) is 3.72. The highest BCUT2D eigenvalue weighted by Crippen LogP contribution is 2.17. The molecule has 0 unspecified atom stereocenters. The zero-order valence-electron chi connectivity index (χ0n) is 11.3. The van der Waals surface area contributed by atoms with Crippen molar-refractivity contribution in [2.45, 2.75) is 25.8 Å². The molecule has 0 radical (unpaired) electrons. The van der Waals surface area contributed by atoms with E-state index in [0.717, 1.165) is 6.54 Å². The summed E-state index contributed by atoms with van der Waals surface area (Å²) < 4.78 is 0. The van der Waals surface area contributed by atoms with Crippen LogP contribution < -0.4 is 4.90 Å². The normalized spacial score (nSPS) is 16.8. The molecular formula is C15H24N2O. The van der Waals surface area contributed by atoms with Gasteiger partial charge in [0.1, 0.15) is 0 Å². The van der Waals surface area contributed by atoms with E-state index < -0.39 is 0 Å². The molecule has 1 aromatic carbocycles. The molecule has 1 heterocycles. The van der Waals surface area contributed by atoms with E-state index in [1.807, 2.05) is 7.05 Å². The SMILES string of the molecule is CN(CCO)c1ccc(CN2CCCCC2)cc1. The summed E-state index contributed by atoms with van der Waals surface area (Å²) in [7, 11) is 2.01. The number of rotatable bonds is 5. The van der Waals surface area contributed by atoms with E-state index in [0.29, 0.717) is 6.54 Å². The summed E-state index contributed by atoms with van der Waals surface area (Å²) >= 11 is 0. The van der Waals surface area contributed by atoms with Crippen LogP contribution in [0.4, 0.5) is 5.69 Å². The van der Waals surface area contributed by atoms with Crippen molar-refractivity contribution < 1.29 is 5.11 Å². The average Bonchev–Trinajstić information content (AvgIpc) is 2.41. The molecule has 3 heteroatoms. The summed E-state index contributed by atoms with van der Waals surface area (Å²) in [5.41, 5.74) is 2.56. The van der Waals surface area contributed by atoms with Crippen molar-refractivity contribution in [1.82, 2.24) is 4.90 Å². The molecule has 1 aliphatic rings. The molecule has 100 valence electrons. The molecule has 2 rings (SSSR count). The lowest BCUT2D eigenvalue weighted by Gasteiger charge is -2.26. The van der Waals surface area contributed by atoms with Crippen LogP contribution in [-0.2, 0) is 6.54 Å². The lowest BCUT2D eigenvalue weighted by atomic mass is 10.1. The van der Waals surface area contributed by atoms with E-state index in [4.69, 9.17) is 5.11 Å². The van der Waals surface area contributed by atoms with Gasteiger partial charge in [0.2, 0.25) is 0 Å². The van der Waals surface area contributed by atoms with Gasteiger partial charge in [0.05, 0.1) is 6.61 Å². The number of likely N-dealkylation sites (tertiary alicyclic amines) is 1. The molecule has 0 aliphatic carbocycles. The van der Waals surface area contributed by atoms with Crippen LogP contribution in [0.1, 0.15) is 24.8 Å². The molecule has 1 saturated heterocycles. The Morgan fingerprint density at radius 3 is 2.39 bits per heavy atom. The van der Waals surface area contributed by atoms with Gasteiger partial charge in [-0.05, 0) is 43.6 Å². The number of aliphatic hydroxyl groups excluding tert-OH is 1. The van der Waals surface area contributed by atoms with Crippen LogP contribution in [0.15, 0.2) is 24.3 Å². The first-order chi connectivity index (χ1) is 8.79. The highest BCUT2D eigenvalue weighted by Gasteiger charge is 2.10. The Morgan fingerprint density at radius 1 is 1.11 bits per heavy atom. The monoisotopic (exact) mass is 248 g/mol. The van der Waals surface area contributed by atoms with Crippen molar-refractivity contribution in [3.05, 3.63) is 29.8 Å². The van der Waals surface area contributed by atoms with E-state index in [9.17, 15) is 0 Å². The molecule has 0 amide bonds. The van der Waals surface area contributed by atoms with Gasteiger partial charge in [-0.2, -0.15) is 0 Å². The minimum Gasteiger partial charge on any atom is -0.395 e. The molecule has 1 aromatic rings. The number of benzene rings is 1. The van der Waals surface area contributed by atoms with Crippen LogP contribution in [-0.4, -0.2) is 43.3 Å². The molecule has 1 fully saturated rings. The molecule has 1 N–H and O–H groups in total. The number of aliphatic hydroxyl groups is 1. The van der Waals surface area contributed by atoms with Crippen LogP contribution in [0.25, 0.3) is 0 Å². The fraction of sp³-hybridized carbons (Fsp3) is 0.600. The maximum Gasteiger partial charge on any atom is 0.0606 e. The van der Waals surface area contributed by atoms with Crippen LogP contribution in [0, 0.1) is 0 Å². The molecule has 0 atom stereocenters. The lowest BCUT2D eigenvalue weighted by molar-refractivity contribution is 0.221. The van der Waals surface area contributed by atoms with Crippen LogP contribution in [0.2, 0.25) is 0 Å². The van der Waals surface area contributed by atoms with Crippen molar-refractivity contribution in [3.8, 4) is 0 Å². The second-order valence-corrected chi connectivity index (χ2v) is 5.15. The van der Waals surface area contributed by atoms with Gasteiger partial charge in [-0.25, -0.2) is 0 Å². The summed E-state index contributed by atoms with van der Waals surface area (Å²) in [6.45, 7) is 4.44. The van der Waals surface area contributed by atoms with Crippen LogP contribution in [0.5, 0.6) is 0 Å². The standard InChI is InChI=1S/C15H24N2O/c1-16(11-12-18)15-7-5-14(6-8-15)13-17-9-3-2-4-10-17/h5-8,18H,2-4,9-13H2,1H3. The molecule has 1 aliphatic heterocycles. The Morgan fingerprint density at radius 2 is 1.78 bits per heavy atom. The summed E-state index contributed by atoms with van der Waals surface area (Å²) in [6, 6.07) is 8.71. The quantitative estimate of drug-likeness (QED) is 0.864. The zero-order valence-corrected chi connectivity index (χ0v) is 11.3. The topological polar surface area (TPSA) is 26.7 Å². The van der Waals surface area contributed by atoms with Gasteiger partial charge >= 0.3 is 0 Å². The largest absolute Gasteiger partial charge is 0.395 e. The second kappa shape index (κ2) is 6.76. The lowest BCUT2D eigenvalue weighted by Crippen LogP contribution is -2.29. The minimum atomic E-state index is 0.200. The average molecular weight is 248 g/mol. The number of nitrogens with zero attached hydrogens (tertiary/aromatic N) is 2. The third-order valence-corrected chi connectivity index (χ3v) is 3.67. The first-order valence-corrected chi connectivity index (χ1v) is 6.93. The fourth-order valence-corrected chi connectivity index (χ4v) is 2.51. The summed E-state index contributed by atoms with van der Waals surface area (Å²) in [5.74, 6) is 0. The molecular weight excluding hydrogens is 224 g/mol. The predicted molar refractivity (Wildman–Crippen MR) is 75.9 cm³/mol. The molecule has 0 saturated carbocycles. The maximum absolute atomic E-state index is 8.92. The first-order valence-electron chi connectivity index (χ1n) is 6.93. The van der Waals surface area contributed by atoms with E-state index in [-0.39, 0.29) is 6.61 Å². The van der Waals surface area contributed by atoms with E-state index in [1.54, 1.807) is 0 Å². The highest BCUT2D eigenvalue weighted by molar-refractivity contribution is 5.46. The Hall–Kier alpha value is -1.06. The van der Waals surface area contributed by atoms with Crippen molar-refractivity contribution in [3.63, 3.8) is 0 Å². The fourth-order valence-electron chi connectivity index (χ4n) is 2.51. The van der Waals surface area contributed by atoms with Gasteiger partial charge in [0.25, 0.3) is 0 Å². The molecule has 18 heavy (non-hydrogen) atoms. The van der Waals surface area contributed by atoms with Gasteiger partial charge < -0.3 is 10.0 Å². The maximum atomic E-state index is 8.92. The molecule has 3 nitrogen and oxygen atoms in total. The first kappa shape index (κ1) is 13.4. The summed E-state index contributed by atoms with van der Waals surface area (Å²) in [5, 5.41) is 8.92. The molecule has 0 aromatic heterocycles. The third-order valence-electron chi connectivity index (χ3n) is 3.67. The van der Waals surface area contributed by atoms with E-state index >= 15 is 0 Å². The Labute approximate surface area is 110 Å². The Bertz CT molecular complexity index is 344. The number of anilines is 1. The van der Waals surface area contributed by atoms with Crippen molar-refractivity contribution in [2.24, 2.45) is 0 Å². The number of piperidine rings is 1. The number of likely N-dealkylation sites (N-methyl/N-ethyl adjacent to an activating group) is 1. The van der Waals surface area contributed by atoms with Crippen LogP contribution in [0.3, 0.4) is 0 Å². The van der Waals surface area contributed by atoms with Crippen molar-refractivity contribution in [1.29, 1.82) is 0 Å². The Balaban J connectivity index is 1.90. The van der Waals surface area contributed by atoms with E-state index in [1.165, 1.54) is 43.6 Å². The molecule has 0 bridgehead atoms. The Kier molecular flexibility index (Phi) is 5.02. The minimum absolute atomic E-state index is 0.200. The summed E-state index contributed by atoms with van der Waals surface area (Å²) in [6.07, 6.45) is 4.08. The van der Waals surface area contributed by atoms with Gasteiger partial charge in [-0.15, -0.1) is 0 Å². The second-order valence-electron chi connectivity index (χ2n) is 5.15. The van der Waals surface area contributed by atoms with Crippen LogP contribution >= 0.6 is 0 Å². The van der Waals surface area contributed by atoms with Gasteiger partial charge in [0.15, 0.2) is 0 Å². The predicted octanol–water partition coefficient (Wildman–Crippen LogP) is 2.10. The van der Waals surface area contributed by atoms with Gasteiger partial charge in [-0.1, -0.05) is 18.6 Å². The van der Waals surface area contributed by atoms with Gasteiger partial charge in [-0.3, -0.25) is 4.90 Å². The number of hydrogen-bond donors (Lipinski definition) is 1. The smallest absolute Gasteiger partial charge is 0.0606 e. The van der Waals surface area contributed by atoms with Crippen molar-refractivity contribution in [2.75, 3.05) is 38.2 Å². The highest BCUT2D eigenvalue weighted by atomic mass is 16.3. The number of hydrogen-bond acceptors (Lipinski definition) is 3. The van der Waals surface area contributed by atoms with Gasteiger partial charge in [0, 0.05) is 25.8 Å². The van der Waals surface area contributed by atoms with Crippen molar-refractivity contribution >= 4 is 5.69 Å².